The molecule has 0 saturated heterocycles. The molecule has 0 amide bonds. The van der Waals surface area contributed by atoms with Crippen LogP contribution in [0, 0.1) is 0 Å². The maximum absolute atomic E-state index is 10.7. The van der Waals surface area contributed by atoms with Gasteiger partial charge in [-0.1, -0.05) is 0 Å². The lowest BCUT2D eigenvalue weighted by atomic mass is 10.3. The van der Waals surface area contributed by atoms with E-state index in [9.17, 15) is 4.79 Å². The standard InChI is InChI=1S/C8H6BrN3O2/c9-6-1-3(10)7-4(11-6)2-5(12-7)8(13)14/h1-2,12H,(H2,10,11)(H,13,14). The van der Waals surface area contributed by atoms with Crippen LogP contribution in [0.25, 0.3) is 11.0 Å². The molecule has 0 atom stereocenters. The number of pyridine rings is 1. The van der Waals surface area contributed by atoms with Crippen molar-refractivity contribution in [2.75, 3.05) is 5.73 Å². The van der Waals surface area contributed by atoms with Gasteiger partial charge in [0.05, 0.1) is 16.7 Å². The highest BCUT2D eigenvalue weighted by atomic mass is 79.9. The van der Waals surface area contributed by atoms with Crippen LogP contribution in [0.3, 0.4) is 0 Å². The quantitative estimate of drug-likeness (QED) is 0.676. The lowest BCUT2D eigenvalue weighted by molar-refractivity contribution is 0.0691. The summed E-state index contributed by atoms with van der Waals surface area (Å²) in [6.45, 7) is 0. The van der Waals surface area contributed by atoms with Gasteiger partial charge in [0.2, 0.25) is 0 Å². The van der Waals surface area contributed by atoms with Crippen LogP contribution >= 0.6 is 15.9 Å². The number of H-pyrrole nitrogens is 1. The largest absolute Gasteiger partial charge is 0.477 e. The van der Waals surface area contributed by atoms with Gasteiger partial charge in [-0.05, 0) is 28.1 Å². The van der Waals surface area contributed by atoms with Gasteiger partial charge in [-0.3, -0.25) is 0 Å². The van der Waals surface area contributed by atoms with Crippen molar-refractivity contribution in [1.29, 1.82) is 0 Å². The average Bonchev–Trinajstić information content (AvgIpc) is 2.47. The predicted octanol–water partition coefficient (Wildman–Crippen LogP) is 1.61. The zero-order chi connectivity index (χ0) is 10.3. The summed E-state index contributed by atoms with van der Waals surface area (Å²) in [5.74, 6) is -1.03. The third kappa shape index (κ3) is 1.33. The van der Waals surface area contributed by atoms with E-state index in [4.69, 9.17) is 10.8 Å². The van der Waals surface area contributed by atoms with Gasteiger partial charge in [-0.15, -0.1) is 0 Å². The van der Waals surface area contributed by atoms with E-state index < -0.39 is 5.97 Å². The number of hydrogen-bond donors (Lipinski definition) is 3. The summed E-state index contributed by atoms with van der Waals surface area (Å²) in [5.41, 5.74) is 7.31. The van der Waals surface area contributed by atoms with Crippen molar-refractivity contribution < 1.29 is 9.90 Å². The van der Waals surface area contributed by atoms with Crippen LogP contribution in [-0.2, 0) is 0 Å². The first kappa shape index (κ1) is 9.01. The molecule has 0 bridgehead atoms. The summed E-state index contributed by atoms with van der Waals surface area (Å²) in [6.07, 6.45) is 0. The zero-order valence-corrected chi connectivity index (χ0v) is 8.50. The number of rotatable bonds is 1. The molecule has 0 aliphatic carbocycles. The molecule has 2 heterocycles. The second-order valence-corrected chi connectivity index (χ2v) is 3.60. The number of nitrogens with two attached hydrogens (primary N) is 1. The van der Waals surface area contributed by atoms with Crippen LogP contribution in [0.2, 0.25) is 0 Å². The second-order valence-electron chi connectivity index (χ2n) is 2.78. The van der Waals surface area contributed by atoms with Crippen LogP contribution in [0.4, 0.5) is 5.69 Å². The molecule has 2 aromatic rings. The molecule has 0 fully saturated rings. The fourth-order valence-electron chi connectivity index (χ4n) is 1.21. The molecular formula is C8H6BrN3O2. The smallest absolute Gasteiger partial charge is 0.352 e. The molecule has 72 valence electrons. The minimum atomic E-state index is -1.03. The highest BCUT2D eigenvalue weighted by Gasteiger charge is 2.10. The van der Waals surface area contributed by atoms with E-state index in [0.717, 1.165) is 0 Å². The van der Waals surface area contributed by atoms with Gasteiger partial charge in [0.1, 0.15) is 10.3 Å². The second kappa shape index (κ2) is 2.98. The summed E-state index contributed by atoms with van der Waals surface area (Å²) < 4.78 is 0.582. The first-order valence-corrected chi connectivity index (χ1v) is 4.55. The molecular weight excluding hydrogens is 250 g/mol. The van der Waals surface area contributed by atoms with Crippen LogP contribution in [0.15, 0.2) is 16.7 Å². The van der Waals surface area contributed by atoms with Crippen LogP contribution < -0.4 is 5.73 Å². The molecule has 6 heteroatoms. The fourth-order valence-corrected chi connectivity index (χ4v) is 1.65. The Morgan fingerprint density at radius 2 is 2.29 bits per heavy atom. The third-order valence-electron chi connectivity index (χ3n) is 1.82. The Morgan fingerprint density at radius 3 is 2.93 bits per heavy atom. The first-order valence-electron chi connectivity index (χ1n) is 3.76. The number of nitrogens with one attached hydrogen (secondary N) is 1. The van der Waals surface area contributed by atoms with Crippen LogP contribution in [0.1, 0.15) is 10.5 Å². The Bertz CT molecular complexity index is 521. The maximum Gasteiger partial charge on any atom is 0.352 e. The lowest BCUT2D eigenvalue weighted by Crippen LogP contribution is -1.95. The summed E-state index contributed by atoms with van der Waals surface area (Å²) in [7, 11) is 0. The normalized spacial score (nSPS) is 10.6. The summed E-state index contributed by atoms with van der Waals surface area (Å²) in [6, 6.07) is 3.06. The van der Waals surface area contributed by atoms with Gasteiger partial charge in [-0.2, -0.15) is 0 Å². The molecule has 0 aromatic carbocycles. The Balaban J connectivity index is 2.76. The Kier molecular flexibility index (Phi) is 1.92. The van der Waals surface area contributed by atoms with Crippen molar-refractivity contribution in [2.24, 2.45) is 0 Å². The molecule has 0 saturated carbocycles. The molecule has 5 nitrogen and oxygen atoms in total. The van der Waals surface area contributed by atoms with Gasteiger partial charge in [0.15, 0.2) is 0 Å². The summed E-state index contributed by atoms with van der Waals surface area (Å²) in [4.78, 5) is 17.4. The van der Waals surface area contributed by atoms with Gasteiger partial charge >= 0.3 is 5.97 Å². The lowest BCUT2D eigenvalue weighted by Gasteiger charge is -1.95. The van der Waals surface area contributed by atoms with Crippen molar-refractivity contribution in [3.8, 4) is 0 Å². The van der Waals surface area contributed by atoms with E-state index in [1.54, 1.807) is 6.07 Å². The monoisotopic (exact) mass is 255 g/mol. The first-order chi connectivity index (χ1) is 6.58. The number of hydrogen-bond acceptors (Lipinski definition) is 3. The SMILES string of the molecule is Nc1cc(Br)nc2cc(C(=O)O)[nH]c12. The summed E-state index contributed by atoms with van der Waals surface area (Å²) in [5, 5.41) is 8.73. The number of anilines is 1. The average molecular weight is 256 g/mol. The van der Waals surface area contributed by atoms with E-state index in [1.165, 1.54) is 6.07 Å². The Labute approximate surface area is 87.1 Å². The van der Waals surface area contributed by atoms with Crippen molar-refractivity contribution in [3.05, 3.63) is 22.4 Å². The van der Waals surface area contributed by atoms with Crippen molar-refractivity contribution in [1.82, 2.24) is 9.97 Å². The number of nitrogen functional groups attached to an aromatic ring is 1. The number of carboxylic acid groups (broad SMARTS) is 1. The number of carbonyl (C=O) groups is 1. The molecule has 2 aromatic heterocycles. The van der Waals surface area contributed by atoms with E-state index in [0.29, 0.717) is 21.3 Å². The van der Waals surface area contributed by atoms with E-state index in [-0.39, 0.29) is 5.69 Å². The van der Waals surface area contributed by atoms with Crippen LogP contribution in [0.5, 0.6) is 0 Å². The fraction of sp³-hybridized carbons (Fsp3) is 0. The number of aromatic nitrogens is 2. The number of halogens is 1. The minimum absolute atomic E-state index is 0.0808. The van der Waals surface area contributed by atoms with Crippen molar-refractivity contribution >= 4 is 38.6 Å². The highest BCUT2D eigenvalue weighted by molar-refractivity contribution is 9.10. The molecule has 14 heavy (non-hydrogen) atoms. The van der Waals surface area contributed by atoms with Gasteiger partial charge in [0, 0.05) is 0 Å². The zero-order valence-electron chi connectivity index (χ0n) is 6.91. The maximum atomic E-state index is 10.7. The molecule has 4 N–H and O–H groups in total. The Hall–Kier alpha value is -1.56. The topological polar surface area (TPSA) is 92.0 Å². The van der Waals surface area contributed by atoms with Crippen molar-refractivity contribution in [2.45, 2.75) is 0 Å². The number of aromatic carboxylic acids is 1. The number of nitrogens with zero attached hydrogens (tertiary/aromatic N) is 1. The van der Waals surface area contributed by atoms with E-state index in [1.807, 2.05) is 0 Å². The number of carboxylic acids is 1. The molecule has 0 unspecified atom stereocenters. The van der Waals surface area contributed by atoms with Gasteiger partial charge in [0.25, 0.3) is 0 Å². The highest BCUT2D eigenvalue weighted by Crippen LogP contribution is 2.23. The molecule has 0 radical (unpaired) electrons. The minimum Gasteiger partial charge on any atom is -0.477 e. The third-order valence-corrected chi connectivity index (χ3v) is 2.22. The molecule has 0 aliphatic rings. The number of aromatic amines is 1. The molecule has 0 spiro atoms. The van der Waals surface area contributed by atoms with Crippen molar-refractivity contribution in [3.63, 3.8) is 0 Å². The Morgan fingerprint density at radius 1 is 1.57 bits per heavy atom. The van der Waals surface area contributed by atoms with E-state index >= 15 is 0 Å². The number of fused-ring (bicyclic) bond motifs is 1. The van der Waals surface area contributed by atoms with E-state index in [2.05, 4.69) is 25.9 Å². The molecule has 0 aliphatic heterocycles. The molecule has 2 rings (SSSR count). The predicted molar refractivity (Wildman–Crippen MR) is 55.2 cm³/mol. The summed E-state index contributed by atoms with van der Waals surface area (Å²) >= 11 is 3.18. The van der Waals surface area contributed by atoms with Gasteiger partial charge < -0.3 is 15.8 Å². The van der Waals surface area contributed by atoms with Gasteiger partial charge in [-0.25, -0.2) is 9.78 Å². The van der Waals surface area contributed by atoms with Crippen LogP contribution in [-0.4, -0.2) is 21.0 Å².